The highest BCUT2D eigenvalue weighted by Gasteiger charge is 2.21. The molecule has 1 amide bonds. The number of anilines is 1. The van der Waals surface area contributed by atoms with Gasteiger partial charge in [0.2, 0.25) is 0 Å². The van der Waals surface area contributed by atoms with Gasteiger partial charge < -0.3 is 10.1 Å². The van der Waals surface area contributed by atoms with E-state index in [2.05, 4.69) is 10.0 Å². The van der Waals surface area contributed by atoms with Crippen LogP contribution in [-0.2, 0) is 14.8 Å². The predicted octanol–water partition coefficient (Wildman–Crippen LogP) is 3.21. The zero-order valence-electron chi connectivity index (χ0n) is 14.7. The van der Waals surface area contributed by atoms with Crippen LogP contribution in [0.25, 0.3) is 0 Å². The summed E-state index contributed by atoms with van der Waals surface area (Å²) >= 11 is 6.06. The number of ether oxygens (including phenoxy) is 1. The van der Waals surface area contributed by atoms with Crippen molar-refractivity contribution in [2.24, 2.45) is 0 Å². The lowest BCUT2D eigenvalue weighted by Gasteiger charge is -2.14. The van der Waals surface area contributed by atoms with Crippen LogP contribution in [0.15, 0.2) is 47.4 Å². The van der Waals surface area contributed by atoms with Crippen LogP contribution in [0.1, 0.15) is 22.8 Å². The quantitative estimate of drug-likeness (QED) is 0.752. The third-order valence-corrected chi connectivity index (χ3v) is 5.44. The standard InChI is InChI=1S/C18H21ClN2O4S/c1-12-4-7-15(8-5-12)21-26(23,24)17-10-14(6-9-16(17)19)18(22)20-13(2)11-25-3/h4-10,13,21H,11H2,1-3H3,(H,20,22)/t13-/m1/s1. The first-order valence-corrected chi connectivity index (χ1v) is 9.78. The van der Waals surface area contributed by atoms with E-state index in [1.807, 2.05) is 6.92 Å². The normalized spacial score (nSPS) is 12.5. The highest BCUT2D eigenvalue weighted by molar-refractivity contribution is 7.92. The molecule has 8 heteroatoms. The number of hydrogen-bond acceptors (Lipinski definition) is 4. The topological polar surface area (TPSA) is 84.5 Å². The largest absolute Gasteiger partial charge is 0.383 e. The molecule has 2 aromatic rings. The fourth-order valence-electron chi connectivity index (χ4n) is 2.28. The number of sulfonamides is 1. The molecule has 2 N–H and O–H groups in total. The molecule has 140 valence electrons. The Hall–Kier alpha value is -2.09. The Bertz CT molecular complexity index is 883. The number of benzene rings is 2. The van der Waals surface area contributed by atoms with E-state index < -0.39 is 15.9 Å². The smallest absolute Gasteiger partial charge is 0.263 e. The Morgan fingerprint density at radius 1 is 1.19 bits per heavy atom. The van der Waals surface area contributed by atoms with Crippen LogP contribution < -0.4 is 10.0 Å². The van der Waals surface area contributed by atoms with E-state index in [1.165, 1.54) is 25.3 Å². The van der Waals surface area contributed by atoms with Crippen molar-refractivity contribution in [3.63, 3.8) is 0 Å². The SMILES string of the molecule is COC[C@@H](C)NC(=O)c1ccc(Cl)c(S(=O)(=O)Nc2ccc(C)cc2)c1. The fraction of sp³-hybridized carbons (Fsp3) is 0.278. The molecule has 6 nitrogen and oxygen atoms in total. The monoisotopic (exact) mass is 396 g/mol. The number of hydrogen-bond donors (Lipinski definition) is 2. The highest BCUT2D eigenvalue weighted by atomic mass is 35.5. The summed E-state index contributed by atoms with van der Waals surface area (Å²) in [6.45, 7) is 4.04. The van der Waals surface area contributed by atoms with E-state index in [1.54, 1.807) is 31.2 Å². The molecule has 1 atom stereocenters. The molecular formula is C18H21ClN2O4S. The van der Waals surface area contributed by atoms with Crippen molar-refractivity contribution in [1.29, 1.82) is 0 Å². The Morgan fingerprint density at radius 3 is 2.46 bits per heavy atom. The van der Waals surface area contributed by atoms with E-state index in [4.69, 9.17) is 16.3 Å². The van der Waals surface area contributed by atoms with Gasteiger partial charge in [-0.3, -0.25) is 9.52 Å². The molecule has 0 saturated heterocycles. The second-order valence-corrected chi connectivity index (χ2v) is 8.00. The predicted molar refractivity (Wildman–Crippen MR) is 102 cm³/mol. The van der Waals surface area contributed by atoms with Crippen LogP contribution >= 0.6 is 11.6 Å². The third kappa shape index (κ3) is 5.20. The Morgan fingerprint density at radius 2 is 1.85 bits per heavy atom. The van der Waals surface area contributed by atoms with Crippen LogP contribution in [0.5, 0.6) is 0 Å². The van der Waals surface area contributed by atoms with Crippen molar-refractivity contribution in [1.82, 2.24) is 5.32 Å². The molecule has 0 aliphatic carbocycles. The van der Waals surface area contributed by atoms with Gasteiger partial charge in [-0.2, -0.15) is 0 Å². The molecule has 0 heterocycles. The molecule has 2 rings (SSSR count). The second-order valence-electron chi connectivity index (χ2n) is 5.95. The zero-order chi connectivity index (χ0) is 19.3. The lowest BCUT2D eigenvalue weighted by atomic mass is 10.2. The van der Waals surface area contributed by atoms with Crippen LogP contribution in [0.3, 0.4) is 0 Å². The van der Waals surface area contributed by atoms with Crippen molar-refractivity contribution in [3.05, 3.63) is 58.6 Å². The maximum atomic E-state index is 12.7. The van der Waals surface area contributed by atoms with Crippen molar-refractivity contribution in [3.8, 4) is 0 Å². The molecule has 2 aromatic carbocycles. The number of rotatable bonds is 7. The number of aryl methyl sites for hydroxylation is 1. The summed E-state index contributed by atoms with van der Waals surface area (Å²) in [4.78, 5) is 12.1. The minimum atomic E-state index is -3.94. The van der Waals surface area contributed by atoms with Gasteiger partial charge in [0.1, 0.15) is 4.90 Å². The molecule has 0 saturated carbocycles. The Labute approximate surface area is 158 Å². The lowest BCUT2D eigenvalue weighted by Crippen LogP contribution is -2.35. The van der Waals surface area contributed by atoms with Gasteiger partial charge in [-0.15, -0.1) is 0 Å². The number of carbonyl (C=O) groups is 1. The minimum absolute atomic E-state index is 0.0334. The van der Waals surface area contributed by atoms with Crippen molar-refractivity contribution < 1.29 is 17.9 Å². The summed E-state index contributed by atoms with van der Waals surface area (Å²) in [5.41, 5.74) is 1.62. The van der Waals surface area contributed by atoms with Crippen LogP contribution in [0.2, 0.25) is 5.02 Å². The molecule has 0 spiro atoms. The van der Waals surface area contributed by atoms with Gasteiger partial charge >= 0.3 is 0 Å². The lowest BCUT2D eigenvalue weighted by molar-refractivity contribution is 0.0905. The third-order valence-electron chi connectivity index (χ3n) is 3.58. The first-order valence-electron chi connectivity index (χ1n) is 7.92. The number of halogens is 1. The number of carbonyl (C=O) groups excluding carboxylic acids is 1. The summed E-state index contributed by atoms with van der Waals surface area (Å²) in [6.07, 6.45) is 0. The van der Waals surface area contributed by atoms with Crippen LogP contribution in [0, 0.1) is 6.92 Å². The summed E-state index contributed by atoms with van der Waals surface area (Å²) in [7, 11) is -2.40. The fourth-order valence-corrected chi connectivity index (χ4v) is 3.87. The molecule has 0 fully saturated rings. The van der Waals surface area contributed by atoms with E-state index in [9.17, 15) is 13.2 Å². The summed E-state index contributed by atoms with van der Waals surface area (Å²) in [5.74, 6) is -0.405. The first kappa shape index (κ1) is 20.2. The number of methoxy groups -OCH3 is 1. The molecule has 0 aliphatic heterocycles. The van der Waals surface area contributed by atoms with Gasteiger partial charge in [0, 0.05) is 24.4 Å². The van der Waals surface area contributed by atoms with Gasteiger partial charge in [0.15, 0.2) is 0 Å². The van der Waals surface area contributed by atoms with Crippen molar-refractivity contribution in [2.45, 2.75) is 24.8 Å². The average Bonchev–Trinajstić information content (AvgIpc) is 2.57. The number of amides is 1. The second kappa shape index (κ2) is 8.53. The molecule has 26 heavy (non-hydrogen) atoms. The van der Waals surface area contributed by atoms with E-state index >= 15 is 0 Å². The van der Waals surface area contributed by atoms with E-state index in [0.29, 0.717) is 12.3 Å². The maximum Gasteiger partial charge on any atom is 0.263 e. The minimum Gasteiger partial charge on any atom is -0.383 e. The average molecular weight is 397 g/mol. The van der Waals surface area contributed by atoms with E-state index in [0.717, 1.165) is 5.56 Å². The van der Waals surface area contributed by atoms with E-state index in [-0.39, 0.29) is 21.5 Å². The van der Waals surface area contributed by atoms with Gasteiger partial charge in [0.25, 0.3) is 15.9 Å². The first-order chi connectivity index (χ1) is 12.2. The zero-order valence-corrected chi connectivity index (χ0v) is 16.3. The molecule has 0 aliphatic rings. The molecule has 0 radical (unpaired) electrons. The number of nitrogens with one attached hydrogen (secondary N) is 2. The molecular weight excluding hydrogens is 376 g/mol. The summed E-state index contributed by atoms with van der Waals surface area (Å²) < 4.78 is 32.8. The summed E-state index contributed by atoms with van der Waals surface area (Å²) in [6, 6.07) is 10.8. The Balaban J connectivity index is 2.27. The highest BCUT2D eigenvalue weighted by Crippen LogP contribution is 2.25. The van der Waals surface area contributed by atoms with Gasteiger partial charge in [0.05, 0.1) is 11.6 Å². The van der Waals surface area contributed by atoms with Crippen molar-refractivity contribution in [2.75, 3.05) is 18.4 Å². The van der Waals surface area contributed by atoms with Gasteiger partial charge in [-0.05, 0) is 44.2 Å². The van der Waals surface area contributed by atoms with Crippen LogP contribution in [0.4, 0.5) is 5.69 Å². The van der Waals surface area contributed by atoms with Crippen molar-refractivity contribution >= 4 is 33.2 Å². The van der Waals surface area contributed by atoms with Gasteiger partial charge in [-0.25, -0.2) is 8.42 Å². The molecule has 0 aromatic heterocycles. The van der Waals surface area contributed by atoms with Crippen LogP contribution in [-0.4, -0.2) is 34.1 Å². The summed E-state index contributed by atoms with van der Waals surface area (Å²) in [5, 5.41) is 2.76. The van der Waals surface area contributed by atoms with Gasteiger partial charge in [-0.1, -0.05) is 29.3 Å². The Kier molecular flexibility index (Phi) is 6.63. The molecule has 0 unspecified atom stereocenters. The maximum absolute atomic E-state index is 12.7. The molecule has 0 bridgehead atoms.